The van der Waals surface area contributed by atoms with Crippen LogP contribution in [-0.4, -0.2) is 15.2 Å². The summed E-state index contributed by atoms with van der Waals surface area (Å²) in [5, 5.41) is 18.0. The third-order valence-electron chi connectivity index (χ3n) is 2.52. The number of nitro groups is 1. The number of para-hydroxylation sites is 1. The zero-order valence-electron chi connectivity index (χ0n) is 9.52. The van der Waals surface area contributed by atoms with Crippen molar-refractivity contribution in [2.45, 2.75) is 0 Å². The van der Waals surface area contributed by atoms with Crippen LogP contribution in [0.1, 0.15) is 0 Å². The minimum absolute atomic E-state index is 0.0680. The predicted molar refractivity (Wildman–Crippen MR) is 65.0 cm³/mol. The lowest BCUT2D eigenvalue weighted by atomic mass is 10.2. The molecule has 0 atom stereocenters. The molecule has 0 saturated carbocycles. The van der Waals surface area contributed by atoms with E-state index in [9.17, 15) is 10.1 Å². The van der Waals surface area contributed by atoms with E-state index in [0.717, 1.165) is 0 Å². The van der Waals surface area contributed by atoms with Gasteiger partial charge in [0.05, 0.1) is 4.92 Å². The van der Waals surface area contributed by atoms with Crippen molar-refractivity contribution < 1.29 is 14.3 Å². The maximum Gasteiger partial charge on any atom is 0.301 e. The van der Waals surface area contributed by atoms with Gasteiger partial charge in [0.15, 0.2) is 11.3 Å². The summed E-state index contributed by atoms with van der Waals surface area (Å²) < 4.78 is 10.1. The average molecular weight is 257 g/mol. The summed E-state index contributed by atoms with van der Waals surface area (Å²) in [5.41, 5.74) is 0.119. The van der Waals surface area contributed by atoms with Crippen LogP contribution in [0.3, 0.4) is 0 Å². The lowest BCUT2D eigenvalue weighted by molar-refractivity contribution is -0.383. The van der Waals surface area contributed by atoms with Crippen LogP contribution in [-0.2, 0) is 0 Å². The number of non-ortho nitro benzene ring substituents is 1. The first-order chi connectivity index (χ1) is 9.25. The van der Waals surface area contributed by atoms with Crippen molar-refractivity contribution in [3.63, 3.8) is 0 Å². The van der Waals surface area contributed by atoms with E-state index in [-0.39, 0.29) is 16.7 Å². The van der Waals surface area contributed by atoms with Crippen LogP contribution >= 0.6 is 0 Å². The van der Waals surface area contributed by atoms with Crippen molar-refractivity contribution in [1.29, 1.82) is 0 Å². The Morgan fingerprint density at radius 2 is 1.79 bits per heavy atom. The maximum atomic E-state index is 10.8. The number of benzene rings is 2. The van der Waals surface area contributed by atoms with Crippen LogP contribution in [0.4, 0.5) is 5.69 Å². The fraction of sp³-hybridized carbons (Fsp3) is 0. The molecule has 0 spiro atoms. The Kier molecular flexibility index (Phi) is 2.57. The third kappa shape index (κ3) is 1.97. The number of fused-ring (bicyclic) bond motifs is 1. The van der Waals surface area contributed by atoms with Gasteiger partial charge in [0, 0.05) is 6.07 Å². The molecule has 19 heavy (non-hydrogen) atoms. The number of nitrogens with zero attached hydrogens (tertiary/aromatic N) is 3. The van der Waals surface area contributed by atoms with E-state index in [0.29, 0.717) is 11.5 Å². The largest absolute Gasteiger partial charge is 0.455 e. The number of hydrogen-bond acceptors (Lipinski definition) is 6. The molecule has 0 amide bonds. The summed E-state index contributed by atoms with van der Waals surface area (Å²) in [6, 6.07) is 11.8. The van der Waals surface area contributed by atoms with Crippen LogP contribution < -0.4 is 4.74 Å². The topological polar surface area (TPSA) is 91.3 Å². The van der Waals surface area contributed by atoms with Gasteiger partial charge in [-0.15, -0.1) is 0 Å². The Hall–Kier alpha value is -2.96. The lowest BCUT2D eigenvalue weighted by Gasteiger charge is -2.04. The molecule has 3 rings (SSSR count). The van der Waals surface area contributed by atoms with E-state index in [1.807, 2.05) is 18.2 Å². The van der Waals surface area contributed by atoms with Crippen LogP contribution in [0, 0.1) is 10.1 Å². The highest BCUT2D eigenvalue weighted by Gasteiger charge is 2.20. The molecule has 0 aliphatic carbocycles. The summed E-state index contributed by atoms with van der Waals surface area (Å²) in [6.07, 6.45) is 0. The molecular formula is C12H7N3O4. The SMILES string of the molecule is O=[N+]([O-])c1ccc(Oc2ccccc2)c2nonc12. The second-order valence-corrected chi connectivity index (χ2v) is 3.72. The van der Waals surface area contributed by atoms with E-state index >= 15 is 0 Å². The molecule has 1 heterocycles. The van der Waals surface area contributed by atoms with E-state index in [2.05, 4.69) is 14.9 Å². The van der Waals surface area contributed by atoms with Gasteiger partial charge in [-0.05, 0) is 28.5 Å². The van der Waals surface area contributed by atoms with Crippen molar-refractivity contribution in [3.8, 4) is 11.5 Å². The molecule has 0 radical (unpaired) electrons. The van der Waals surface area contributed by atoms with E-state index in [1.165, 1.54) is 12.1 Å². The molecule has 94 valence electrons. The normalized spacial score (nSPS) is 10.5. The number of nitro benzene ring substituents is 1. The van der Waals surface area contributed by atoms with Crippen LogP contribution in [0.15, 0.2) is 47.1 Å². The third-order valence-corrected chi connectivity index (χ3v) is 2.52. The Morgan fingerprint density at radius 1 is 1.05 bits per heavy atom. The molecule has 0 saturated heterocycles. The first kappa shape index (κ1) is 11.1. The maximum absolute atomic E-state index is 10.8. The monoisotopic (exact) mass is 257 g/mol. The van der Waals surface area contributed by atoms with Crippen LogP contribution in [0.5, 0.6) is 11.5 Å². The summed E-state index contributed by atoms with van der Waals surface area (Å²) in [4.78, 5) is 10.3. The van der Waals surface area contributed by atoms with Gasteiger partial charge in [-0.3, -0.25) is 10.1 Å². The fourth-order valence-corrected chi connectivity index (χ4v) is 1.68. The summed E-state index contributed by atoms with van der Waals surface area (Å²) in [7, 11) is 0. The lowest BCUT2D eigenvalue weighted by Crippen LogP contribution is -1.91. The Labute approximate surface area is 106 Å². The van der Waals surface area contributed by atoms with Gasteiger partial charge in [-0.2, -0.15) is 0 Å². The van der Waals surface area contributed by atoms with Gasteiger partial charge in [0.2, 0.25) is 5.52 Å². The van der Waals surface area contributed by atoms with Crippen molar-refractivity contribution in [2.75, 3.05) is 0 Å². The minimum atomic E-state index is -0.543. The standard InChI is InChI=1S/C12H7N3O4/c16-15(17)9-6-7-10(12-11(9)13-19-14-12)18-8-4-2-1-3-5-8/h1-7H. The van der Waals surface area contributed by atoms with Crippen LogP contribution in [0.25, 0.3) is 11.0 Å². The Bertz CT molecular complexity index is 739. The first-order valence-corrected chi connectivity index (χ1v) is 5.38. The smallest absolute Gasteiger partial charge is 0.301 e. The summed E-state index contributed by atoms with van der Waals surface area (Å²) >= 11 is 0. The molecule has 0 unspecified atom stereocenters. The zero-order chi connectivity index (χ0) is 13.2. The molecule has 2 aromatic carbocycles. The van der Waals surface area contributed by atoms with E-state index in [1.54, 1.807) is 12.1 Å². The van der Waals surface area contributed by atoms with Crippen LogP contribution in [0.2, 0.25) is 0 Å². The fourth-order valence-electron chi connectivity index (χ4n) is 1.68. The molecule has 7 heteroatoms. The second-order valence-electron chi connectivity index (χ2n) is 3.72. The molecule has 0 N–H and O–H groups in total. The highest BCUT2D eigenvalue weighted by Crippen LogP contribution is 2.32. The average Bonchev–Trinajstić information content (AvgIpc) is 2.89. The first-order valence-electron chi connectivity index (χ1n) is 5.38. The van der Waals surface area contributed by atoms with Gasteiger partial charge in [-0.25, -0.2) is 4.63 Å². The Balaban J connectivity index is 2.08. The molecule has 3 aromatic rings. The van der Waals surface area contributed by atoms with E-state index in [4.69, 9.17) is 4.74 Å². The summed E-state index contributed by atoms with van der Waals surface area (Å²) in [6.45, 7) is 0. The van der Waals surface area contributed by atoms with Gasteiger partial charge in [0.1, 0.15) is 5.75 Å². The van der Waals surface area contributed by atoms with Gasteiger partial charge < -0.3 is 4.74 Å². The van der Waals surface area contributed by atoms with Gasteiger partial charge in [-0.1, -0.05) is 18.2 Å². The number of aromatic nitrogens is 2. The highest BCUT2D eigenvalue weighted by atomic mass is 16.6. The van der Waals surface area contributed by atoms with Crippen molar-refractivity contribution in [3.05, 3.63) is 52.6 Å². The molecule has 0 fully saturated rings. The molecule has 0 bridgehead atoms. The second kappa shape index (κ2) is 4.37. The van der Waals surface area contributed by atoms with E-state index < -0.39 is 4.92 Å². The molecule has 0 aliphatic heterocycles. The van der Waals surface area contributed by atoms with Crippen molar-refractivity contribution in [2.24, 2.45) is 0 Å². The quantitative estimate of drug-likeness (QED) is 0.529. The minimum Gasteiger partial charge on any atom is -0.455 e. The molecule has 7 nitrogen and oxygen atoms in total. The Morgan fingerprint density at radius 3 is 2.53 bits per heavy atom. The zero-order valence-corrected chi connectivity index (χ0v) is 9.52. The van der Waals surface area contributed by atoms with Gasteiger partial charge >= 0.3 is 5.69 Å². The molecular weight excluding hydrogens is 250 g/mol. The van der Waals surface area contributed by atoms with Crippen molar-refractivity contribution in [1.82, 2.24) is 10.3 Å². The molecule has 0 aliphatic rings. The summed E-state index contributed by atoms with van der Waals surface area (Å²) in [5.74, 6) is 0.953. The predicted octanol–water partition coefficient (Wildman–Crippen LogP) is 2.92. The number of rotatable bonds is 3. The number of hydrogen-bond donors (Lipinski definition) is 0. The van der Waals surface area contributed by atoms with Gasteiger partial charge in [0.25, 0.3) is 0 Å². The van der Waals surface area contributed by atoms with Crippen molar-refractivity contribution >= 4 is 16.7 Å². The number of ether oxygens (including phenoxy) is 1. The molecule has 1 aromatic heterocycles. The highest BCUT2D eigenvalue weighted by molar-refractivity contribution is 5.88.